The van der Waals surface area contributed by atoms with E-state index in [1.807, 2.05) is 36.4 Å². The van der Waals surface area contributed by atoms with Crippen LogP contribution in [-0.4, -0.2) is 20.9 Å². The first-order chi connectivity index (χ1) is 12.1. The van der Waals surface area contributed by atoms with Gasteiger partial charge in [-0.25, -0.2) is 9.97 Å². The maximum atomic E-state index is 12.4. The van der Waals surface area contributed by atoms with E-state index in [-0.39, 0.29) is 11.6 Å². The predicted octanol–water partition coefficient (Wildman–Crippen LogP) is 3.51. The quantitative estimate of drug-likeness (QED) is 0.733. The van der Waals surface area contributed by atoms with Gasteiger partial charge in [-0.15, -0.1) is 0 Å². The fourth-order valence-corrected chi connectivity index (χ4v) is 2.40. The smallest absolute Gasteiger partial charge is 0.270 e. The van der Waals surface area contributed by atoms with Crippen LogP contribution in [0.3, 0.4) is 0 Å². The Morgan fingerprint density at radius 3 is 2.68 bits per heavy atom. The van der Waals surface area contributed by atoms with Gasteiger partial charge < -0.3 is 10.6 Å². The van der Waals surface area contributed by atoms with Crippen molar-refractivity contribution in [1.29, 1.82) is 0 Å². The van der Waals surface area contributed by atoms with Crippen LogP contribution in [-0.2, 0) is 6.54 Å². The Morgan fingerprint density at radius 2 is 1.92 bits per heavy atom. The number of para-hydroxylation sites is 1. The van der Waals surface area contributed by atoms with Crippen molar-refractivity contribution in [2.45, 2.75) is 13.5 Å². The van der Waals surface area contributed by atoms with Crippen molar-refractivity contribution in [3.05, 3.63) is 77.0 Å². The monoisotopic (exact) mass is 353 g/mol. The fraction of sp³-hybridized carbons (Fsp3) is 0.111. The maximum Gasteiger partial charge on any atom is 0.270 e. The van der Waals surface area contributed by atoms with Gasteiger partial charge in [0.2, 0.25) is 0 Å². The summed E-state index contributed by atoms with van der Waals surface area (Å²) >= 11 is 6.14. The first-order valence-electron chi connectivity index (χ1n) is 7.67. The Morgan fingerprint density at radius 1 is 1.12 bits per heavy atom. The molecule has 2 aromatic heterocycles. The van der Waals surface area contributed by atoms with Gasteiger partial charge in [-0.05, 0) is 31.2 Å². The van der Waals surface area contributed by atoms with Crippen LogP contribution in [0.1, 0.15) is 22.0 Å². The lowest BCUT2D eigenvalue weighted by molar-refractivity contribution is 0.0945. The van der Waals surface area contributed by atoms with E-state index in [0.29, 0.717) is 28.9 Å². The highest BCUT2D eigenvalue weighted by Gasteiger charge is 2.11. The molecule has 0 unspecified atom stereocenters. The number of carbonyl (C=O) groups excluding carboxylic acids is 1. The number of rotatable bonds is 5. The number of aromatic nitrogens is 3. The van der Waals surface area contributed by atoms with Gasteiger partial charge in [0.15, 0.2) is 0 Å². The van der Waals surface area contributed by atoms with Crippen molar-refractivity contribution in [2.75, 3.05) is 5.32 Å². The van der Waals surface area contributed by atoms with E-state index in [4.69, 9.17) is 11.6 Å². The van der Waals surface area contributed by atoms with Crippen LogP contribution in [0.2, 0.25) is 5.02 Å². The number of pyridine rings is 1. The molecule has 0 radical (unpaired) electrons. The summed E-state index contributed by atoms with van der Waals surface area (Å²) < 4.78 is 0. The second-order valence-electron chi connectivity index (χ2n) is 5.29. The zero-order valence-corrected chi connectivity index (χ0v) is 14.3. The third-order valence-electron chi connectivity index (χ3n) is 3.36. The van der Waals surface area contributed by atoms with Gasteiger partial charge in [-0.1, -0.05) is 29.8 Å². The van der Waals surface area contributed by atoms with E-state index in [1.54, 1.807) is 25.3 Å². The molecule has 2 N–H and O–H groups in total. The summed E-state index contributed by atoms with van der Waals surface area (Å²) in [5, 5.41) is 6.48. The van der Waals surface area contributed by atoms with E-state index in [9.17, 15) is 4.79 Å². The second kappa shape index (κ2) is 7.72. The number of hydrogen-bond donors (Lipinski definition) is 2. The van der Waals surface area contributed by atoms with Crippen LogP contribution < -0.4 is 10.6 Å². The molecule has 2 heterocycles. The molecular weight excluding hydrogens is 338 g/mol. The maximum absolute atomic E-state index is 12.4. The van der Waals surface area contributed by atoms with Crippen LogP contribution in [0.25, 0.3) is 0 Å². The van der Waals surface area contributed by atoms with Crippen LogP contribution in [0.15, 0.2) is 54.7 Å². The molecule has 25 heavy (non-hydrogen) atoms. The Kier molecular flexibility index (Phi) is 5.20. The minimum Gasteiger partial charge on any atom is -0.345 e. The van der Waals surface area contributed by atoms with Gasteiger partial charge in [-0.2, -0.15) is 0 Å². The lowest BCUT2D eigenvalue weighted by atomic mass is 10.3. The number of carbonyl (C=O) groups is 1. The molecule has 3 rings (SSSR count). The molecule has 7 heteroatoms. The van der Waals surface area contributed by atoms with Crippen molar-refractivity contribution >= 4 is 29.0 Å². The van der Waals surface area contributed by atoms with E-state index < -0.39 is 0 Å². The molecule has 6 nitrogen and oxygen atoms in total. The minimum absolute atomic E-state index is 0.276. The zero-order valence-electron chi connectivity index (χ0n) is 13.5. The molecule has 0 aliphatic heterocycles. The Balaban J connectivity index is 1.74. The van der Waals surface area contributed by atoms with Crippen LogP contribution in [0, 0.1) is 6.92 Å². The first-order valence-corrected chi connectivity index (χ1v) is 8.05. The molecule has 0 atom stereocenters. The Bertz CT molecular complexity index is 886. The predicted molar refractivity (Wildman–Crippen MR) is 96.9 cm³/mol. The number of nitrogens with zero attached hydrogens (tertiary/aromatic N) is 3. The molecule has 0 fully saturated rings. The summed E-state index contributed by atoms with van der Waals surface area (Å²) in [7, 11) is 0. The van der Waals surface area contributed by atoms with Crippen LogP contribution in [0.4, 0.5) is 11.5 Å². The van der Waals surface area contributed by atoms with E-state index in [0.717, 1.165) is 5.69 Å². The van der Waals surface area contributed by atoms with Crippen molar-refractivity contribution < 1.29 is 4.79 Å². The normalized spacial score (nSPS) is 10.3. The van der Waals surface area contributed by atoms with Gasteiger partial charge in [0.25, 0.3) is 5.91 Å². The molecular formula is C18H16ClN5O. The van der Waals surface area contributed by atoms with Crippen molar-refractivity contribution in [2.24, 2.45) is 0 Å². The SMILES string of the molecule is Cc1nc(Nc2ccccc2Cl)cc(C(=O)NCc2ccccn2)n1. The standard InChI is InChI=1S/C18H16ClN5O/c1-12-22-16(18(25)21-11-13-6-4-5-9-20-13)10-17(23-12)24-15-8-3-2-7-14(15)19/h2-10H,11H2,1H3,(H,21,25)(H,22,23,24). The molecule has 126 valence electrons. The number of hydrogen-bond acceptors (Lipinski definition) is 5. The molecule has 0 spiro atoms. The molecule has 0 saturated heterocycles. The third kappa shape index (κ3) is 4.51. The van der Waals surface area contributed by atoms with Crippen LogP contribution in [0.5, 0.6) is 0 Å². The highest BCUT2D eigenvalue weighted by Crippen LogP contribution is 2.24. The molecule has 0 aliphatic rings. The number of benzene rings is 1. The number of nitrogens with one attached hydrogen (secondary N) is 2. The molecule has 3 aromatic rings. The average Bonchev–Trinajstić information content (AvgIpc) is 2.62. The second-order valence-corrected chi connectivity index (χ2v) is 5.70. The summed E-state index contributed by atoms with van der Waals surface area (Å²) in [6.45, 7) is 2.06. The Hall–Kier alpha value is -2.99. The van der Waals surface area contributed by atoms with Crippen molar-refractivity contribution in [3.63, 3.8) is 0 Å². The van der Waals surface area contributed by atoms with Crippen molar-refractivity contribution in [3.8, 4) is 0 Å². The highest BCUT2D eigenvalue weighted by molar-refractivity contribution is 6.33. The first kappa shape index (κ1) is 16.9. The summed E-state index contributed by atoms with van der Waals surface area (Å²) in [5.74, 6) is 0.696. The fourth-order valence-electron chi connectivity index (χ4n) is 2.21. The van der Waals surface area contributed by atoms with E-state index >= 15 is 0 Å². The van der Waals surface area contributed by atoms with Gasteiger partial charge in [0, 0.05) is 12.3 Å². The van der Waals surface area contributed by atoms with E-state index in [1.165, 1.54) is 0 Å². The molecule has 0 aliphatic carbocycles. The summed E-state index contributed by atoms with van der Waals surface area (Å²) in [6, 6.07) is 14.4. The lowest BCUT2D eigenvalue weighted by Crippen LogP contribution is -2.24. The van der Waals surface area contributed by atoms with Gasteiger partial charge in [0.1, 0.15) is 17.3 Å². The number of amides is 1. The number of anilines is 2. The van der Waals surface area contributed by atoms with E-state index in [2.05, 4.69) is 25.6 Å². The lowest BCUT2D eigenvalue weighted by Gasteiger charge is -2.10. The number of aryl methyl sites for hydroxylation is 1. The summed E-state index contributed by atoms with van der Waals surface area (Å²) in [6.07, 6.45) is 1.68. The number of halogens is 1. The topological polar surface area (TPSA) is 79.8 Å². The third-order valence-corrected chi connectivity index (χ3v) is 3.69. The largest absolute Gasteiger partial charge is 0.345 e. The Labute approximate surface area is 150 Å². The highest BCUT2D eigenvalue weighted by atomic mass is 35.5. The molecule has 1 amide bonds. The van der Waals surface area contributed by atoms with Gasteiger partial charge in [-0.3, -0.25) is 9.78 Å². The zero-order chi connectivity index (χ0) is 17.6. The molecule has 0 bridgehead atoms. The van der Waals surface area contributed by atoms with Crippen molar-refractivity contribution in [1.82, 2.24) is 20.3 Å². The summed E-state index contributed by atoms with van der Waals surface area (Å²) in [5.41, 5.74) is 1.76. The van der Waals surface area contributed by atoms with Gasteiger partial charge in [0.05, 0.1) is 22.9 Å². The summed E-state index contributed by atoms with van der Waals surface area (Å²) in [4.78, 5) is 25.0. The molecule has 1 aromatic carbocycles. The average molecular weight is 354 g/mol. The van der Waals surface area contributed by atoms with Crippen LogP contribution >= 0.6 is 11.6 Å². The molecule has 0 saturated carbocycles. The minimum atomic E-state index is -0.293. The van der Waals surface area contributed by atoms with Gasteiger partial charge >= 0.3 is 0 Å².